The second-order valence-electron chi connectivity index (χ2n) is 6.54. The average molecular weight is 376 g/mol. The molecule has 0 radical (unpaired) electrons. The topological polar surface area (TPSA) is 4.93 Å². The van der Waals surface area contributed by atoms with Gasteiger partial charge in [-0.05, 0) is 23.8 Å². The van der Waals surface area contributed by atoms with Crippen LogP contribution < -0.4 is 0 Å². The first-order valence-corrected chi connectivity index (χ1v) is 9.25. The predicted molar refractivity (Wildman–Crippen MR) is 113 cm³/mol. The number of aryl methyl sites for hydroxylation is 1. The summed E-state index contributed by atoms with van der Waals surface area (Å²) in [6, 6.07) is 24.7. The van der Waals surface area contributed by atoms with Crippen LogP contribution in [0.3, 0.4) is 0 Å². The van der Waals surface area contributed by atoms with E-state index in [2.05, 4.69) is 54.1 Å². The minimum absolute atomic E-state index is 0.722. The third kappa shape index (κ3) is 2.11. The lowest BCUT2D eigenvalue weighted by Gasteiger charge is -2.13. The van der Waals surface area contributed by atoms with Gasteiger partial charge >= 0.3 is 0 Å². The third-order valence-corrected chi connectivity index (χ3v) is 5.77. The second-order valence-corrected chi connectivity index (χ2v) is 7.36. The Kier molecular flexibility index (Phi) is 3.49. The molecule has 0 spiro atoms. The average Bonchev–Trinajstić information content (AvgIpc) is 2.97. The highest BCUT2D eigenvalue weighted by Crippen LogP contribution is 2.45. The molecule has 4 aromatic carbocycles. The molecule has 1 nitrogen and oxygen atoms in total. The number of hydrogen-bond donors (Lipinski definition) is 0. The van der Waals surface area contributed by atoms with Gasteiger partial charge in [0.25, 0.3) is 0 Å². The molecular formula is C23H15Cl2N. The largest absolute Gasteiger partial charge is 0.343 e. The Morgan fingerprint density at radius 3 is 2.04 bits per heavy atom. The zero-order valence-electron chi connectivity index (χ0n) is 14.1. The van der Waals surface area contributed by atoms with E-state index in [0.717, 1.165) is 26.6 Å². The van der Waals surface area contributed by atoms with Gasteiger partial charge in [-0.2, -0.15) is 0 Å². The minimum atomic E-state index is 0.722. The monoisotopic (exact) mass is 375 g/mol. The van der Waals surface area contributed by atoms with E-state index < -0.39 is 0 Å². The number of para-hydroxylation sites is 1. The summed E-state index contributed by atoms with van der Waals surface area (Å²) in [4.78, 5) is 0. The predicted octanol–water partition coefficient (Wildman–Crippen LogP) is 7.46. The number of aromatic nitrogens is 1. The molecule has 1 aromatic heterocycles. The second kappa shape index (κ2) is 5.77. The van der Waals surface area contributed by atoms with Gasteiger partial charge in [-0.25, -0.2) is 0 Å². The molecule has 0 aliphatic carbocycles. The molecule has 0 saturated heterocycles. The number of halogens is 2. The van der Waals surface area contributed by atoms with Crippen molar-refractivity contribution in [2.24, 2.45) is 7.05 Å². The highest BCUT2D eigenvalue weighted by atomic mass is 35.5. The summed E-state index contributed by atoms with van der Waals surface area (Å²) in [5.41, 5.74) is 4.54. The summed E-state index contributed by atoms with van der Waals surface area (Å²) in [5, 5.41) is 6.14. The Balaban J connectivity index is 2.11. The van der Waals surface area contributed by atoms with Gasteiger partial charge in [0.1, 0.15) is 0 Å². The molecule has 0 fully saturated rings. The summed E-state index contributed by atoms with van der Waals surface area (Å²) in [6.45, 7) is 0. The lowest BCUT2D eigenvalue weighted by molar-refractivity contribution is 1.02. The van der Waals surface area contributed by atoms with Gasteiger partial charge in [-0.15, -0.1) is 0 Å². The van der Waals surface area contributed by atoms with Crippen LogP contribution >= 0.6 is 23.2 Å². The van der Waals surface area contributed by atoms with E-state index in [1.54, 1.807) is 0 Å². The standard InChI is InChI=1S/C23H15Cl2N/c1-26-19-9-5-4-8-18(19)21-20(14-10-12-15(24)13-11-14)22(25)16-6-2-3-7-17(16)23(21)26/h2-13H,1H3. The van der Waals surface area contributed by atoms with Crippen molar-refractivity contribution in [2.75, 3.05) is 0 Å². The van der Waals surface area contributed by atoms with Crippen molar-refractivity contribution >= 4 is 55.8 Å². The molecule has 0 aliphatic heterocycles. The van der Waals surface area contributed by atoms with Crippen LogP contribution in [0, 0.1) is 0 Å². The Hall–Kier alpha value is -2.48. The molecule has 5 aromatic rings. The zero-order chi connectivity index (χ0) is 17.8. The van der Waals surface area contributed by atoms with Crippen molar-refractivity contribution in [3.05, 3.63) is 82.8 Å². The fourth-order valence-electron chi connectivity index (χ4n) is 3.97. The zero-order valence-corrected chi connectivity index (χ0v) is 15.6. The molecule has 0 saturated carbocycles. The summed E-state index contributed by atoms with van der Waals surface area (Å²) >= 11 is 13.1. The Bertz CT molecular complexity index is 1300. The van der Waals surface area contributed by atoms with Gasteiger partial charge in [0.05, 0.1) is 10.5 Å². The van der Waals surface area contributed by atoms with E-state index in [1.807, 2.05) is 30.3 Å². The molecule has 26 heavy (non-hydrogen) atoms. The molecule has 126 valence electrons. The van der Waals surface area contributed by atoms with Crippen molar-refractivity contribution in [1.29, 1.82) is 0 Å². The molecule has 0 atom stereocenters. The Morgan fingerprint density at radius 2 is 1.31 bits per heavy atom. The van der Waals surface area contributed by atoms with E-state index in [0.29, 0.717) is 0 Å². The van der Waals surface area contributed by atoms with Gasteiger partial charge in [-0.1, -0.05) is 77.8 Å². The number of fused-ring (bicyclic) bond motifs is 5. The van der Waals surface area contributed by atoms with Crippen LogP contribution in [0.15, 0.2) is 72.8 Å². The maximum absolute atomic E-state index is 6.96. The van der Waals surface area contributed by atoms with Crippen LogP contribution in [0.4, 0.5) is 0 Å². The van der Waals surface area contributed by atoms with Crippen LogP contribution in [0.2, 0.25) is 10.0 Å². The van der Waals surface area contributed by atoms with Crippen molar-refractivity contribution in [1.82, 2.24) is 4.57 Å². The molecule has 5 rings (SSSR count). The summed E-state index contributed by atoms with van der Waals surface area (Å²) in [5.74, 6) is 0. The summed E-state index contributed by atoms with van der Waals surface area (Å²) < 4.78 is 2.27. The third-order valence-electron chi connectivity index (χ3n) is 5.13. The van der Waals surface area contributed by atoms with E-state index in [4.69, 9.17) is 23.2 Å². The number of hydrogen-bond acceptors (Lipinski definition) is 0. The van der Waals surface area contributed by atoms with Crippen LogP contribution in [0.25, 0.3) is 43.7 Å². The molecular weight excluding hydrogens is 361 g/mol. The van der Waals surface area contributed by atoms with Gasteiger partial charge in [0.15, 0.2) is 0 Å². The molecule has 0 aliphatic rings. The molecule has 0 unspecified atom stereocenters. The van der Waals surface area contributed by atoms with Gasteiger partial charge in [-0.3, -0.25) is 0 Å². The first kappa shape index (κ1) is 15.7. The fraction of sp³-hybridized carbons (Fsp3) is 0.0435. The lowest BCUT2D eigenvalue weighted by atomic mass is 9.95. The fourth-order valence-corrected chi connectivity index (χ4v) is 4.47. The first-order valence-electron chi connectivity index (χ1n) is 8.50. The normalized spacial score (nSPS) is 11.7. The van der Waals surface area contributed by atoms with Crippen molar-refractivity contribution < 1.29 is 0 Å². The van der Waals surface area contributed by atoms with Crippen LogP contribution in [-0.2, 0) is 7.05 Å². The minimum Gasteiger partial charge on any atom is -0.343 e. The van der Waals surface area contributed by atoms with Crippen LogP contribution in [-0.4, -0.2) is 4.57 Å². The smallest absolute Gasteiger partial charge is 0.0575 e. The van der Waals surface area contributed by atoms with Gasteiger partial charge < -0.3 is 4.57 Å². The van der Waals surface area contributed by atoms with Crippen molar-refractivity contribution in [2.45, 2.75) is 0 Å². The number of benzene rings is 4. The molecule has 0 bridgehead atoms. The van der Waals surface area contributed by atoms with Crippen molar-refractivity contribution in [3.8, 4) is 11.1 Å². The summed E-state index contributed by atoms with van der Waals surface area (Å²) in [7, 11) is 2.12. The molecule has 3 heteroatoms. The van der Waals surface area contributed by atoms with Gasteiger partial charge in [0, 0.05) is 44.7 Å². The highest BCUT2D eigenvalue weighted by Gasteiger charge is 2.20. The SMILES string of the molecule is Cn1c2ccccc2c2c(-c3ccc(Cl)cc3)c(Cl)c3ccccc3c21. The summed E-state index contributed by atoms with van der Waals surface area (Å²) in [6.07, 6.45) is 0. The molecule has 0 N–H and O–H groups in total. The van der Waals surface area contributed by atoms with E-state index in [1.165, 1.54) is 27.2 Å². The van der Waals surface area contributed by atoms with E-state index in [9.17, 15) is 0 Å². The van der Waals surface area contributed by atoms with E-state index in [-0.39, 0.29) is 0 Å². The number of nitrogens with zero attached hydrogens (tertiary/aromatic N) is 1. The first-order chi connectivity index (χ1) is 12.7. The van der Waals surface area contributed by atoms with Gasteiger partial charge in [0.2, 0.25) is 0 Å². The number of rotatable bonds is 1. The Morgan fingerprint density at radius 1 is 0.692 bits per heavy atom. The maximum atomic E-state index is 6.96. The maximum Gasteiger partial charge on any atom is 0.0575 e. The highest BCUT2D eigenvalue weighted by molar-refractivity contribution is 6.43. The Labute approximate surface area is 161 Å². The van der Waals surface area contributed by atoms with Crippen LogP contribution in [0.5, 0.6) is 0 Å². The lowest BCUT2D eigenvalue weighted by Crippen LogP contribution is -1.90. The quantitative estimate of drug-likeness (QED) is 0.286. The molecule has 0 amide bonds. The van der Waals surface area contributed by atoms with E-state index >= 15 is 0 Å². The van der Waals surface area contributed by atoms with Crippen molar-refractivity contribution in [3.63, 3.8) is 0 Å². The molecule has 1 heterocycles. The van der Waals surface area contributed by atoms with Crippen LogP contribution in [0.1, 0.15) is 0 Å².